The molecule has 1 aliphatic rings. The summed E-state index contributed by atoms with van der Waals surface area (Å²) >= 11 is 3.37. The number of nitrogens with one attached hydrogen (secondary N) is 1. The van der Waals surface area contributed by atoms with Crippen LogP contribution in [0.1, 0.15) is 10.6 Å². The maximum Gasteiger partial charge on any atom is 0.290 e. The van der Waals surface area contributed by atoms with Crippen molar-refractivity contribution in [1.82, 2.24) is 10.2 Å². The van der Waals surface area contributed by atoms with Gasteiger partial charge < -0.3 is 14.6 Å². The Hall–Kier alpha value is -1.82. The van der Waals surface area contributed by atoms with Gasteiger partial charge >= 0.3 is 0 Å². The molecule has 0 bridgehead atoms. The van der Waals surface area contributed by atoms with Crippen LogP contribution < -0.4 is 5.32 Å². The summed E-state index contributed by atoms with van der Waals surface area (Å²) in [5.74, 6) is -0.122. The molecule has 1 aliphatic heterocycles. The van der Waals surface area contributed by atoms with E-state index in [1.54, 1.807) is 12.1 Å². The van der Waals surface area contributed by atoms with Crippen molar-refractivity contribution in [3.8, 4) is 0 Å². The lowest BCUT2D eigenvalue weighted by molar-refractivity contribution is -0.123. The number of halogens is 1. The number of carbonyl (C=O) groups excluding carboxylic acids is 2. The topological polar surface area (TPSA) is 62.6 Å². The fourth-order valence-corrected chi connectivity index (χ4v) is 2.47. The highest BCUT2D eigenvalue weighted by Crippen LogP contribution is 2.24. The van der Waals surface area contributed by atoms with E-state index in [2.05, 4.69) is 21.2 Å². The average Bonchev–Trinajstić information content (AvgIpc) is 2.80. The molecule has 0 unspecified atom stereocenters. The molecular formula is C13H11BrN2O3. The number of hydrogen-bond donors (Lipinski definition) is 1. The molecule has 2 aromatic rings. The summed E-state index contributed by atoms with van der Waals surface area (Å²) in [4.78, 5) is 25.0. The highest BCUT2D eigenvalue weighted by atomic mass is 79.9. The van der Waals surface area contributed by atoms with Crippen molar-refractivity contribution in [2.45, 2.75) is 0 Å². The van der Waals surface area contributed by atoms with Crippen LogP contribution in [0.5, 0.6) is 0 Å². The number of nitrogens with zero attached hydrogens (tertiary/aromatic N) is 1. The monoisotopic (exact) mass is 322 g/mol. The van der Waals surface area contributed by atoms with Crippen molar-refractivity contribution in [3.05, 3.63) is 34.5 Å². The van der Waals surface area contributed by atoms with E-state index in [0.717, 1.165) is 9.86 Å². The second-order valence-electron chi connectivity index (χ2n) is 4.37. The van der Waals surface area contributed by atoms with Gasteiger partial charge in [-0.3, -0.25) is 9.59 Å². The predicted octanol–water partition coefficient (Wildman–Crippen LogP) is 1.77. The summed E-state index contributed by atoms with van der Waals surface area (Å²) in [5.41, 5.74) is 0.660. The first-order valence-corrected chi connectivity index (χ1v) is 6.68. The molecule has 1 saturated heterocycles. The summed E-state index contributed by atoms with van der Waals surface area (Å²) < 4.78 is 6.46. The molecule has 2 heterocycles. The lowest BCUT2D eigenvalue weighted by Gasteiger charge is -2.25. The van der Waals surface area contributed by atoms with E-state index in [0.29, 0.717) is 18.7 Å². The molecule has 6 heteroatoms. The first kappa shape index (κ1) is 12.2. The summed E-state index contributed by atoms with van der Waals surface area (Å²) in [7, 11) is 0. The molecule has 1 aromatic heterocycles. The quantitative estimate of drug-likeness (QED) is 0.870. The minimum absolute atomic E-state index is 0.0829. The predicted molar refractivity (Wildman–Crippen MR) is 72.8 cm³/mol. The van der Waals surface area contributed by atoms with Gasteiger partial charge in [0.25, 0.3) is 5.91 Å². The van der Waals surface area contributed by atoms with Crippen molar-refractivity contribution in [2.24, 2.45) is 0 Å². The number of furan rings is 1. The van der Waals surface area contributed by atoms with Crippen LogP contribution >= 0.6 is 15.9 Å². The zero-order valence-corrected chi connectivity index (χ0v) is 11.6. The third-order valence-electron chi connectivity index (χ3n) is 3.01. The van der Waals surface area contributed by atoms with Crippen LogP contribution in [0.3, 0.4) is 0 Å². The minimum atomic E-state index is -0.248. The number of piperazine rings is 1. The Labute approximate surface area is 117 Å². The smallest absolute Gasteiger partial charge is 0.290 e. The lowest BCUT2D eigenvalue weighted by Crippen LogP contribution is -2.49. The normalized spacial score (nSPS) is 15.6. The molecular weight excluding hydrogens is 312 g/mol. The summed E-state index contributed by atoms with van der Waals surface area (Å²) in [6.45, 7) is 1.07. The number of hydrogen-bond acceptors (Lipinski definition) is 3. The van der Waals surface area contributed by atoms with Crippen LogP contribution in [0.25, 0.3) is 11.0 Å². The van der Waals surface area contributed by atoms with Crippen LogP contribution in [0, 0.1) is 0 Å². The van der Waals surface area contributed by atoms with Gasteiger partial charge in [0.2, 0.25) is 5.91 Å². The van der Waals surface area contributed by atoms with E-state index in [-0.39, 0.29) is 24.1 Å². The van der Waals surface area contributed by atoms with Crippen LogP contribution in [0.2, 0.25) is 0 Å². The Morgan fingerprint density at radius 2 is 2.21 bits per heavy atom. The van der Waals surface area contributed by atoms with Gasteiger partial charge in [0, 0.05) is 22.9 Å². The van der Waals surface area contributed by atoms with Gasteiger partial charge in [-0.25, -0.2) is 0 Å². The Morgan fingerprint density at radius 1 is 1.37 bits per heavy atom. The van der Waals surface area contributed by atoms with Gasteiger partial charge in [-0.05, 0) is 24.3 Å². The van der Waals surface area contributed by atoms with Crippen LogP contribution in [-0.4, -0.2) is 36.3 Å². The number of rotatable bonds is 1. The first-order chi connectivity index (χ1) is 9.13. The first-order valence-electron chi connectivity index (χ1n) is 5.88. The Kier molecular flexibility index (Phi) is 3.02. The molecule has 3 rings (SSSR count). The summed E-state index contributed by atoms with van der Waals surface area (Å²) in [5, 5.41) is 3.54. The van der Waals surface area contributed by atoms with E-state index in [9.17, 15) is 9.59 Å². The molecule has 98 valence electrons. The second kappa shape index (κ2) is 4.70. The third kappa shape index (κ3) is 2.35. The van der Waals surface area contributed by atoms with E-state index in [4.69, 9.17) is 4.42 Å². The van der Waals surface area contributed by atoms with Crippen molar-refractivity contribution >= 4 is 38.7 Å². The maximum atomic E-state index is 12.2. The van der Waals surface area contributed by atoms with Crippen molar-refractivity contribution in [2.75, 3.05) is 19.6 Å². The third-order valence-corrected chi connectivity index (χ3v) is 3.51. The fourth-order valence-electron chi connectivity index (χ4n) is 2.09. The highest BCUT2D eigenvalue weighted by Gasteiger charge is 2.24. The average molecular weight is 323 g/mol. The fraction of sp³-hybridized carbons (Fsp3) is 0.231. The van der Waals surface area contributed by atoms with E-state index < -0.39 is 0 Å². The molecule has 1 N–H and O–H groups in total. The van der Waals surface area contributed by atoms with Crippen LogP contribution in [-0.2, 0) is 4.79 Å². The Bertz CT molecular complexity index is 665. The lowest BCUT2D eigenvalue weighted by atomic mass is 10.2. The standard InChI is InChI=1S/C13H11BrN2O3/c14-9-1-2-10-8(5-9)6-11(19-10)13(18)16-4-3-15-12(17)7-16/h1-2,5-6H,3-4,7H2,(H,15,17). The molecule has 0 atom stereocenters. The number of carbonyl (C=O) groups is 2. The van der Waals surface area contributed by atoms with Gasteiger partial charge in [0.05, 0.1) is 0 Å². The van der Waals surface area contributed by atoms with E-state index in [1.807, 2.05) is 12.1 Å². The van der Waals surface area contributed by atoms with Gasteiger partial charge in [-0.2, -0.15) is 0 Å². The largest absolute Gasteiger partial charge is 0.451 e. The van der Waals surface area contributed by atoms with Gasteiger partial charge in [-0.1, -0.05) is 15.9 Å². The molecule has 1 aromatic carbocycles. The number of fused-ring (bicyclic) bond motifs is 1. The van der Waals surface area contributed by atoms with Gasteiger partial charge in [0.15, 0.2) is 5.76 Å². The van der Waals surface area contributed by atoms with Crippen molar-refractivity contribution in [1.29, 1.82) is 0 Å². The zero-order valence-electron chi connectivity index (χ0n) is 9.98. The van der Waals surface area contributed by atoms with E-state index in [1.165, 1.54) is 4.90 Å². The maximum absolute atomic E-state index is 12.2. The number of benzene rings is 1. The minimum Gasteiger partial charge on any atom is -0.451 e. The SMILES string of the molecule is O=C1CN(C(=O)c2cc3cc(Br)ccc3o2)CCN1. The molecule has 1 fully saturated rings. The number of amides is 2. The Balaban J connectivity index is 1.90. The zero-order chi connectivity index (χ0) is 13.4. The molecule has 0 spiro atoms. The van der Waals surface area contributed by atoms with Gasteiger partial charge in [-0.15, -0.1) is 0 Å². The van der Waals surface area contributed by atoms with Crippen molar-refractivity contribution < 1.29 is 14.0 Å². The van der Waals surface area contributed by atoms with Gasteiger partial charge in [0.1, 0.15) is 12.1 Å². The highest BCUT2D eigenvalue weighted by molar-refractivity contribution is 9.10. The molecule has 5 nitrogen and oxygen atoms in total. The van der Waals surface area contributed by atoms with Crippen LogP contribution in [0.15, 0.2) is 33.2 Å². The van der Waals surface area contributed by atoms with Crippen LogP contribution in [0.4, 0.5) is 0 Å². The molecule has 0 saturated carbocycles. The molecule has 2 amide bonds. The molecule has 19 heavy (non-hydrogen) atoms. The summed E-state index contributed by atoms with van der Waals surface area (Å²) in [6, 6.07) is 7.25. The second-order valence-corrected chi connectivity index (χ2v) is 5.29. The summed E-state index contributed by atoms with van der Waals surface area (Å²) in [6.07, 6.45) is 0. The van der Waals surface area contributed by atoms with Crippen molar-refractivity contribution in [3.63, 3.8) is 0 Å². The van der Waals surface area contributed by atoms with E-state index >= 15 is 0 Å². The molecule has 0 radical (unpaired) electrons. The Morgan fingerprint density at radius 3 is 3.00 bits per heavy atom. The molecule has 0 aliphatic carbocycles.